The SMILES string of the molecule is CC(=O)O[C@H](C)[C@@H]1CC[C@@H]2[C@@H]3CCC(=O)[C@](C)(CCC(=O)O)[C@H]3CC[C@@]21C. The summed E-state index contributed by atoms with van der Waals surface area (Å²) in [4.78, 5) is 35.4. The molecule has 3 saturated carbocycles. The lowest BCUT2D eigenvalue weighted by Gasteiger charge is -2.56. The van der Waals surface area contributed by atoms with E-state index in [-0.39, 0.29) is 29.7 Å². The molecule has 5 nitrogen and oxygen atoms in total. The van der Waals surface area contributed by atoms with Gasteiger partial charge in [-0.25, -0.2) is 0 Å². The van der Waals surface area contributed by atoms with Gasteiger partial charge in [-0.3, -0.25) is 14.4 Å². The molecule has 0 radical (unpaired) electrons. The van der Waals surface area contributed by atoms with Gasteiger partial charge in [0.05, 0.1) is 0 Å². The predicted molar refractivity (Wildman–Crippen MR) is 101 cm³/mol. The Labute approximate surface area is 162 Å². The number of hydrogen-bond donors (Lipinski definition) is 1. The van der Waals surface area contributed by atoms with Gasteiger partial charge in [0.1, 0.15) is 11.9 Å². The maximum absolute atomic E-state index is 12.8. The number of carboxylic acids is 1. The summed E-state index contributed by atoms with van der Waals surface area (Å²) in [6.45, 7) is 7.87. The van der Waals surface area contributed by atoms with Crippen LogP contribution in [0.15, 0.2) is 0 Å². The van der Waals surface area contributed by atoms with Crippen molar-refractivity contribution >= 4 is 17.7 Å². The zero-order chi connectivity index (χ0) is 20.0. The van der Waals surface area contributed by atoms with E-state index in [0.717, 1.165) is 32.1 Å². The lowest BCUT2D eigenvalue weighted by atomic mass is 9.48. The standard InChI is InChI=1S/C22H34O5/c1-13(27-14(2)23)16-6-7-17-15-5-8-19(24)22(4,12-10-20(25)26)18(15)9-11-21(16,17)3/h13,15-18H,5-12H2,1-4H3,(H,25,26)/t13-,15+,16+,17-,18+,21-,22-/m1/s1. The van der Waals surface area contributed by atoms with E-state index in [1.165, 1.54) is 6.92 Å². The Morgan fingerprint density at radius 3 is 2.52 bits per heavy atom. The van der Waals surface area contributed by atoms with Crippen LogP contribution < -0.4 is 0 Å². The zero-order valence-electron chi connectivity index (χ0n) is 17.1. The third kappa shape index (κ3) is 3.42. The first-order chi connectivity index (χ1) is 12.6. The van der Waals surface area contributed by atoms with Crippen LogP contribution in [-0.4, -0.2) is 28.9 Å². The molecule has 3 aliphatic rings. The highest BCUT2D eigenvalue weighted by atomic mass is 16.5. The van der Waals surface area contributed by atoms with Gasteiger partial charge in [0, 0.05) is 31.1 Å². The molecule has 0 unspecified atom stereocenters. The number of carboxylic acid groups (broad SMARTS) is 1. The van der Waals surface area contributed by atoms with Crippen molar-refractivity contribution < 1.29 is 24.2 Å². The van der Waals surface area contributed by atoms with Crippen LogP contribution in [0.5, 0.6) is 0 Å². The van der Waals surface area contributed by atoms with Crippen molar-refractivity contribution in [1.82, 2.24) is 0 Å². The molecule has 1 N–H and O–H groups in total. The Balaban J connectivity index is 1.82. The number of aliphatic carboxylic acids is 1. The molecule has 27 heavy (non-hydrogen) atoms. The van der Waals surface area contributed by atoms with Crippen molar-refractivity contribution in [2.24, 2.45) is 34.5 Å². The average Bonchev–Trinajstić information content (AvgIpc) is 2.93. The van der Waals surface area contributed by atoms with Gasteiger partial charge in [0.2, 0.25) is 0 Å². The number of Topliss-reactive ketones (excluding diaryl/α,β-unsaturated/α-hetero) is 1. The second kappa shape index (κ2) is 7.21. The highest BCUT2D eigenvalue weighted by molar-refractivity contribution is 5.86. The summed E-state index contributed by atoms with van der Waals surface area (Å²) >= 11 is 0. The number of hydrogen-bond acceptors (Lipinski definition) is 4. The molecule has 0 amide bonds. The van der Waals surface area contributed by atoms with E-state index in [2.05, 4.69) is 6.92 Å². The van der Waals surface area contributed by atoms with Crippen molar-refractivity contribution in [3.63, 3.8) is 0 Å². The molecule has 0 bridgehead atoms. The quantitative estimate of drug-likeness (QED) is 0.724. The third-order valence-electron chi connectivity index (χ3n) is 8.45. The molecule has 0 saturated heterocycles. The second-order valence-electron chi connectivity index (χ2n) is 9.69. The van der Waals surface area contributed by atoms with E-state index < -0.39 is 11.4 Å². The van der Waals surface area contributed by atoms with Crippen LogP contribution in [0, 0.1) is 34.5 Å². The number of ether oxygens (including phenoxy) is 1. The zero-order valence-corrected chi connectivity index (χ0v) is 17.1. The summed E-state index contributed by atoms with van der Waals surface area (Å²) in [5.74, 6) is 0.910. The Morgan fingerprint density at radius 2 is 1.89 bits per heavy atom. The minimum absolute atomic E-state index is 0.0690. The topological polar surface area (TPSA) is 80.7 Å². The molecular weight excluding hydrogens is 344 g/mol. The molecule has 0 aromatic carbocycles. The summed E-state index contributed by atoms with van der Waals surface area (Å²) < 4.78 is 5.55. The first kappa shape index (κ1) is 20.3. The smallest absolute Gasteiger partial charge is 0.303 e. The molecule has 0 aromatic rings. The van der Waals surface area contributed by atoms with Gasteiger partial charge >= 0.3 is 11.9 Å². The van der Waals surface area contributed by atoms with Crippen molar-refractivity contribution in [1.29, 1.82) is 0 Å². The van der Waals surface area contributed by atoms with E-state index in [1.54, 1.807) is 0 Å². The van der Waals surface area contributed by atoms with Gasteiger partial charge in [-0.1, -0.05) is 13.8 Å². The fourth-order valence-corrected chi connectivity index (χ4v) is 7.12. The normalized spacial score (nSPS) is 42.1. The number of carbonyl (C=O) groups excluding carboxylic acids is 2. The summed E-state index contributed by atoms with van der Waals surface area (Å²) in [5.41, 5.74) is -0.355. The van der Waals surface area contributed by atoms with Crippen LogP contribution >= 0.6 is 0 Å². The first-order valence-electron chi connectivity index (χ1n) is 10.5. The Morgan fingerprint density at radius 1 is 1.19 bits per heavy atom. The van der Waals surface area contributed by atoms with E-state index in [9.17, 15) is 14.4 Å². The molecule has 5 heteroatoms. The van der Waals surface area contributed by atoms with E-state index in [1.807, 2.05) is 13.8 Å². The molecule has 3 fully saturated rings. The van der Waals surface area contributed by atoms with E-state index in [0.29, 0.717) is 36.5 Å². The van der Waals surface area contributed by atoms with Gasteiger partial charge in [0.25, 0.3) is 0 Å². The molecule has 152 valence electrons. The molecule has 0 aliphatic heterocycles. The van der Waals surface area contributed by atoms with Gasteiger partial charge in [-0.15, -0.1) is 0 Å². The van der Waals surface area contributed by atoms with Gasteiger partial charge < -0.3 is 9.84 Å². The van der Waals surface area contributed by atoms with Crippen LogP contribution in [0.1, 0.15) is 79.1 Å². The Hall–Kier alpha value is -1.39. The molecule has 0 aromatic heterocycles. The first-order valence-corrected chi connectivity index (χ1v) is 10.5. The summed E-state index contributed by atoms with van der Waals surface area (Å²) in [6, 6.07) is 0. The molecule has 3 aliphatic carbocycles. The van der Waals surface area contributed by atoms with E-state index >= 15 is 0 Å². The Bertz CT molecular complexity index is 628. The van der Waals surface area contributed by atoms with Crippen molar-refractivity contribution in [3.8, 4) is 0 Å². The Kier molecular flexibility index (Phi) is 5.44. The largest absolute Gasteiger partial charge is 0.481 e. The summed E-state index contributed by atoms with van der Waals surface area (Å²) in [6.07, 6.45) is 6.16. The van der Waals surface area contributed by atoms with Crippen molar-refractivity contribution in [2.75, 3.05) is 0 Å². The van der Waals surface area contributed by atoms with Crippen molar-refractivity contribution in [2.45, 2.75) is 85.2 Å². The van der Waals surface area contributed by atoms with E-state index in [4.69, 9.17) is 9.84 Å². The van der Waals surface area contributed by atoms with Crippen LogP contribution in [0.3, 0.4) is 0 Å². The number of rotatable bonds is 5. The monoisotopic (exact) mass is 378 g/mol. The van der Waals surface area contributed by atoms with Crippen LogP contribution in [0.25, 0.3) is 0 Å². The predicted octanol–water partition coefficient (Wildman–Crippen LogP) is 4.23. The minimum atomic E-state index is -0.817. The lowest BCUT2D eigenvalue weighted by Crippen LogP contribution is -2.53. The highest BCUT2D eigenvalue weighted by Gasteiger charge is 2.60. The molecule has 0 spiro atoms. The van der Waals surface area contributed by atoms with Crippen LogP contribution in [-0.2, 0) is 19.1 Å². The number of esters is 1. The highest BCUT2D eigenvalue weighted by Crippen LogP contribution is 2.65. The van der Waals surface area contributed by atoms with Crippen LogP contribution in [0.2, 0.25) is 0 Å². The third-order valence-corrected chi connectivity index (χ3v) is 8.45. The maximum atomic E-state index is 12.8. The lowest BCUT2D eigenvalue weighted by molar-refractivity contribution is -0.157. The molecule has 7 atom stereocenters. The summed E-state index contributed by atoms with van der Waals surface area (Å²) in [5, 5.41) is 9.15. The molecule has 0 heterocycles. The number of fused-ring (bicyclic) bond motifs is 3. The average molecular weight is 379 g/mol. The maximum Gasteiger partial charge on any atom is 0.303 e. The number of carbonyl (C=O) groups is 3. The number of ketones is 1. The minimum Gasteiger partial charge on any atom is -0.481 e. The van der Waals surface area contributed by atoms with Gasteiger partial charge in [0.15, 0.2) is 0 Å². The molecular formula is C22H34O5. The second-order valence-corrected chi connectivity index (χ2v) is 9.69. The fourth-order valence-electron chi connectivity index (χ4n) is 7.12. The van der Waals surface area contributed by atoms with Crippen LogP contribution in [0.4, 0.5) is 0 Å². The molecule has 3 rings (SSSR count). The van der Waals surface area contributed by atoms with Gasteiger partial charge in [-0.05, 0) is 68.6 Å². The fraction of sp³-hybridized carbons (Fsp3) is 0.864. The van der Waals surface area contributed by atoms with Crippen molar-refractivity contribution in [3.05, 3.63) is 0 Å². The summed E-state index contributed by atoms with van der Waals surface area (Å²) in [7, 11) is 0. The van der Waals surface area contributed by atoms with Gasteiger partial charge in [-0.2, -0.15) is 0 Å².